The second-order valence-corrected chi connectivity index (χ2v) is 9.98. The van der Waals surface area contributed by atoms with E-state index in [0.717, 1.165) is 10.9 Å². The molecule has 8 heteroatoms. The number of hydrogen-bond acceptors (Lipinski definition) is 4. The van der Waals surface area contributed by atoms with E-state index in [1.807, 2.05) is 26.0 Å². The highest BCUT2D eigenvalue weighted by molar-refractivity contribution is 7.89. The number of nitrogens with zero attached hydrogens (tertiary/aromatic N) is 3. The van der Waals surface area contributed by atoms with Crippen LogP contribution in [0.1, 0.15) is 25.3 Å². The van der Waals surface area contributed by atoms with Crippen molar-refractivity contribution in [3.63, 3.8) is 0 Å². The number of carbonyl (C=O) groups excluding carboxylic acids is 1. The van der Waals surface area contributed by atoms with Gasteiger partial charge in [-0.25, -0.2) is 12.8 Å². The Labute approximate surface area is 187 Å². The van der Waals surface area contributed by atoms with Gasteiger partial charge in [0.25, 0.3) is 0 Å². The summed E-state index contributed by atoms with van der Waals surface area (Å²) >= 11 is 0. The van der Waals surface area contributed by atoms with Crippen LogP contribution in [0.4, 0.5) is 10.1 Å². The minimum absolute atomic E-state index is 0.0570. The van der Waals surface area contributed by atoms with Crippen molar-refractivity contribution in [3.8, 4) is 0 Å². The van der Waals surface area contributed by atoms with Gasteiger partial charge in [-0.15, -0.1) is 0 Å². The molecule has 1 amide bonds. The molecule has 1 fully saturated rings. The van der Waals surface area contributed by atoms with Crippen LogP contribution in [-0.4, -0.2) is 43.2 Å². The van der Waals surface area contributed by atoms with Crippen LogP contribution in [0.3, 0.4) is 0 Å². The van der Waals surface area contributed by atoms with Crippen molar-refractivity contribution in [3.05, 3.63) is 66.1 Å². The van der Waals surface area contributed by atoms with Gasteiger partial charge in [0.1, 0.15) is 10.7 Å². The van der Waals surface area contributed by atoms with E-state index in [2.05, 4.69) is 4.98 Å². The number of fused-ring (bicyclic) bond motifs is 1. The van der Waals surface area contributed by atoms with E-state index in [9.17, 15) is 17.6 Å². The Balaban J connectivity index is 1.51. The van der Waals surface area contributed by atoms with Gasteiger partial charge < -0.3 is 4.90 Å². The molecule has 2 heterocycles. The quantitative estimate of drug-likeness (QED) is 0.580. The predicted octanol–water partition coefficient (Wildman–Crippen LogP) is 4.14. The topological polar surface area (TPSA) is 70.6 Å². The third-order valence-electron chi connectivity index (χ3n) is 5.95. The summed E-state index contributed by atoms with van der Waals surface area (Å²) in [5.41, 5.74) is 2.07. The lowest BCUT2D eigenvalue weighted by Crippen LogP contribution is -2.44. The van der Waals surface area contributed by atoms with Crippen LogP contribution < -0.4 is 4.90 Å². The van der Waals surface area contributed by atoms with Crippen LogP contribution >= 0.6 is 0 Å². The molecule has 168 valence electrons. The summed E-state index contributed by atoms with van der Waals surface area (Å²) < 4.78 is 41.4. The highest BCUT2D eigenvalue weighted by atomic mass is 32.2. The molecule has 1 saturated heterocycles. The van der Waals surface area contributed by atoms with Crippen LogP contribution in [0.2, 0.25) is 0 Å². The zero-order valence-corrected chi connectivity index (χ0v) is 19.0. The largest absolute Gasteiger partial charge is 0.312 e. The van der Waals surface area contributed by atoms with Gasteiger partial charge >= 0.3 is 0 Å². The summed E-state index contributed by atoms with van der Waals surface area (Å²) in [6.07, 6.45) is 2.54. The molecule has 32 heavy (non-hydrogen) atoms. The first-order valence-corrected chi connectivity index (χ1v) is 12.2. The van der Waals surface area contributed by atoms with Crippen molar-refractivity contribution >= 4 is 32.5 Å². The lowest BCUT2D eigenvalue weighted by atomic mass is 9.96. The van der Waals surface area contributed by atoms with Gasteiger partial charge in [0.2, 0.25) is 15.9 Å². The molecule has 0 radical (unpaired) electrons. The average molecular weight is 456 g/mol. The number of sulfonamides is 1. The normalized spacial score (nSPS) is 15.7. The molecule has 0 spiro atoms. The van der Waals surface area contributed by atoms with Crippen LogP contribution in [-0.2, 0) is 14.8 Å². The van der Waals surface area contributed by atoms with Gasteiger partial charge in [0.15, 0.2) is 0 Å². The Morgan fingerprint density at radius 3 is 2.50 bits per heavy atom. The Bertz CT molecular complexity index is 1240. The van der Waals surface area contributed by atoms with Gasteiger partial charge in [-0.05, 0) is 68.7 Å². The number of benzene rings is 2. The van der Waals surface area contributed by atoms with E-state index in [4.69, 9.17) is 0 Å². The van der Waals surface area contributed by atoms with Gasteiger partial charge in [-0.2, -0.15) is 4.31 Å². The number of anilines is 1. The maximum atomic E-state index is 13.4. The zero-order chi connectivity index (χ0) is 22.9. The number of rotatable bonds is 5. The molecule has 0 unspecified atom stereocenters. The zero-order valence-electron chi connectivity index (χ0n) is 18.2. The Morgan fingerprint density at radius 1 is 1.16 bits per heavy atom. The molecule has 0 bridgehead atoms. The number of amides is 1. The van der Waals surface area contributed by atoms with Crippen molar-refractivity contribution in [1.29, 1.82) is 0 Å². The fourth-order valence-electron chi connectivity index (χ4n) is 4.24. The van der Waals surface area contributed by atoms with Crippen LogP contribution in [0.25, 0.3) is 10.9 Å². The van der Waals surface area contributed by atoms with Gasteiger partial charge in [0, 0.05) is 42.8 Å². The number of halogens is 1. The summed E-state index contributed by atoms with van der Waals surface area (Å²) in [6, 6.07) is 12.9. The molecular formula is C24H26FN3O3S. The number of carbonyl (C=O) groups is 1. The van der Waals surface area contributed by atoms with E-state index in [1.54, 1.807) is 35.4 Å². The Morgan fingerprint density at radius 2 is 1.84 bits per heavy atom. The molecule has 1 aliphatic rings. The highest BCUT2D eigenvalue weighted by Crippen LogP contribution is 2.29. The molecule has 6 nitrogen and oxygen atoms in total. The molecule has 2 aromatic carbocycles. The van der Waals surface area contributed by atoms with E-state index in [-0.39, 0.29) is 35.6 Å². The SMILES string of the molecule is CCN(C(=O)C1CCN(S(=O)(=O)c2cccc3cc(C)cnc23)CC1)c1ccc(F)cc1. The molecule has 1 aromatic heterocycles. The molecule has 0 N–H and O–H groups in total. The number of para-hydroxylation sites is 1. The third kappa shape index (κ3) is 4.25. The lowest BCUT2D eigenvalue weighted by Gasteiger charge is -2.33. The number of piperidine rings is 1. The molecule has 1 aliphatic heterocycles. The van der Waals surface area contributed by atoms with E-state index >= 15 is 0 Å². The summed E-state index contributed by atoms with van der Waals surface area (Å²) in [7, 11) is -3.73. The van der Waals surface area contributed by atoms with Crippen molar-refractivity contribution in [2.24, 2.45) is 5.92 Å². The van der Waals surface area contributed by atoms with Crippen molar-refractivity contribution in [2.45, 2.75) is 31.6 Å². The van der Waals surface area contributed by atoms with Crippen molar-refractivity contribution in [2.75, 3.05) is 24.5 Å². The first-order chi connectivity index (χ1) is 15.3. The molecule has 3 aromatic rings. The van der Waals surface area contributed by atoms with E-state index < -0.39 is 10.0 Å². The van der Waals surface area contributed by atoms with Gasteiger partial charge in [-0.3, -0.25) is 9.78 Å². The summed E-state index contributed by atoms with van der Waals surface area (Å²) in [5.74, 6) is -0.688. The Kier molecular flexibility index (Phi) is 6.26. The minimum Gasteiger partial charge on any atom is -0.312 e. The van der Waals surface area contributed by atoms with Crippen LogP contribution in [0.5, 0.6) is 0 Å². The van der Waals surface area contributed by atoms with Gasteiger partial charge in [-0.1, -0.05) is 12.1 Å². The first kappa shape index (κ1) is 22.4. The summed E-state index contributed by atoms with van der Waals surface area (Å²) in [5, 5.41) is 0.786. The number of aromatic nitrogens is 1. The van der Waals surface area contributed by atoms with Crippen LogP contribution in [0.15, 0.2) is 59.6 Å². The fraction of sp³-hybridized carbons (Fsp3) is 0.333. The van der Waals surface area contributed by atoms with E-state index in [1.165, 1.54) is 16.4 Å². The second kappa shape index (κ2) is 8.96. The first-order valence-electron chi connectivity index (χ1n) is 10.7. The summed E-state index contributed by atoms with van der Waals surface area (Å²) in [6.45, 7) is 4.78. The average Bonchev–Trinajstić information content (AvgIpc) is 2.80. The summed E-state index contributed by atoms with van der Waals surface area (Å²) in [4.78, 5) is 19.3. The number of pyridine rings is 1. The third-order valence-corrected chi connectivity index (χ3v) is 7.88. The second-order valence-electron chi connectivity index (χ2n) is 8.08. The number of hydrogen-bond donors (Lipinski definition) is 0. The van der Waals surface area contributed by atoms with Gasteiger partial charge in [0.05, 0.1) is 5.52 Å². The molecule has 0 atom stereocenters. The number of aryl methyl sites for hydroxylation is 1. The predicted molar refractivity (Wildman–Crippen MR) is 122 cm³/mol. The van der Waals surface area contributed by atoms with Crippen LogP contribution in [0, 0.1) is 18.7 Å². The fourth-order valence-corrected chi connectivity index (χ4v) is 5.88. The maximum absolute atomic E-state index is 13.4. The standard InChI is InChI=1S/C24H26FN3O3S/c1-3-28(21-9-7-20(25)8-10-21)24(29)18-11-13-27(14-12-18)32(30,31)22-6-4-5-19-15-17(2)16-26-23(19)22/h4-10,15-16,18H,3,11-14H2,1-2H3. The molecule has 4 rings (SSSR count). The van der Waals surface area contributed by atoms with E-state index in [0.29, 0.717) is 30.6 Å². The Hall–Kier alpha value is -2.84. The maximum Gasteiger partial charge on any atom is 0.245 e. The molecule has 0 saturated carbocycles. The highest BCUT2D eigenvalue weighted by Gasteiger charge is 2.34. The lowest BCUT2D eigenvalue weighted by molar-refractivity contribution is -0.123. The minimum atomic E-state index is -3.73. The molecule has 0 aliphatic carbocycles. The monoisotopic (exact) mass is 455 g/mol. The van der Waals surface area contributed by atoms with Crippen molar-refractivity contribution < 1.29 is 17.6 Å². The molecular weight excluding hydrogens is 429 g/mol. The van der Waals surface area contributed by atoms with Crippen molar-refractivity contribution in [1.82, 2.24) is 9.29 Å². The smallest absolute Gasteiger partial charge is 0.245 e.